The molecule has 0 aliphatic heterocycles. The number of carbonyl (C=O) groups excluding carboxylic acids is 1. The highest BCUT2D eigenvalue weighted by Crippen LogP contribution is 2.27. The van der Waals surface area contributed by atoms with Crippen LogP contribution in [0.5, 0.6) is 0 Å². The number of aromatic nitrogens is 1. The first kappa shape index (κ1) is 15.7. The van der Waals surface area contributed by atoms with Crippen molar-refractivity contribution in [3.63, 3.8) is 0 Å². The lowest BCUT2D eigenvalue weighted by molar-refractivity contribution is 0.101. The van der Waals surface area contributed by atoms with Gasteiger partial charge < -0.3 is 5.73 Å². The van der Waals surface area contributed by atoms with E-state index in [2.05, 4.69) is 9.71 Å². The second-order valence-corrected chi connectivity index (χ2v) is 6.95. The molecule has 1 aromatic carbocycles. The molecule has 10 heteroatoms. The number of halogens is 2. The van der Waals surface area contributed by atoms with Crippen LogP contribution in [-0.4, -0.2) is 19.2 Å². The molecule has 112 valence electrons. The van der Waals surface area contributed by atoms with Crippen LogP contribution >= 0.6 is 22.9 Å². The summed E-state index contributed by atoms with van der Waals surface area (Å²) in [5.41, 5.74) is 5.08. The fraction of sp³-hybridized carbons (Fsp3) is 0.0909. The molecule has 0 unspecified atom stereocenters. The normalized spacial score (nSPS) is 11.4. The Morgan fingerprint density at radius 3 is 2.71 bits per heavy atom. The van der Waals surface area contributed by atoms with E-state index in [1.807, 2.05) is 0 Å². The number of anilines is 2. The molecule has 2 rings (SSSR count). The molecule has 0 saturated carbocycles. The van der Waals surface area contributed by atoms with Crippen LogP contribution in [0.2, 0.25) is 5.02 Å². The van der Waals surface area contributed by atoms with Crippen LogP contribution in [0.4, 0.5) is 15.2 Å². The lowest BCUT2D eigenvalue weighted by atomic mass is 10.3. The number of ketones is 1. The van der Waals surface area contributed by atoms with Gasteiger partial charge in [0.25, 0.3) is 10.0 Å². The third-order valence-electron chi connectivity index (χ3n) is 2.41. The van der Waals surface area contributed by atoms with Gasteiger partial charge in [-0.1, -0.05) is 11.6 Å². The Hall–Kier alpha value is -1.71. The van der Waals surface area contributed by atoms with Crippen LogP contribution in [0.25, 0.3) is 0 Å². The molecule has 0 saturated heterocycles. The van der Waals surface area contributed by atoms with E-state index in [-0.39, 0.29) is 27.3 Å². The molecule has 0 atom stereocenters. The topological polar surface area (TPSA) is 102 Å². The van der Waals surface area contributed by atoms with Gasteiger partial charge >= 0.3 is 0 Å². The van der Waals surface area contributed by atoms with Gasteiger partial charge in [-0.2, -0.15) is 0 Å². The standard InChI is InChI=1S/C11H9ClFN3O3S2/c1-5(17)8-4-20-11(15-8)16-21(18,19)9-3-6(12)2-7(14)10(9)13/h2-4H,14H2,1H3,(H,15,16). The van der Waals surface area contributed by atoms with Crippen LogP contribution in [0.15, 0.2) is 22.4 Å². The minimum atomic E-state index is -4.25. The Labute approximate surface area is 128 Å². The molecule has 0 aliphatic carbocycles. The number of hydrogen-bond donors (Lipinski definition) is 2. The predicted octanol–water partition coefficient (Wildman–Crippen LogP) is 2.52. The van der Waals surface area contributed by atoms with Crippen molar-refractivity contribution in [2.75, 3.05) is 10.5 Å². The zero-order valence-corrected chi connectivity index (χ0v) is 12.9. The van der Waals surface area contributed by atoms with Gasteiger partial charge in [-0.05, 0) is 12.1 Å². The van der Waals surface area contributed by atoms with E-state index in [1.165, 1.54) is 12.3 Å². The molecule has 0 bridgehead atoms. The molecule has 0 spiro atoms. The smallest absolute Gasteiger partial charge is 0.266 e. The van der Waals surface area contributed by atoms with Crippen LogP contribution in [0.3, 0.4) is 0 Å². The average molecular weight is 350 g/mol. The maximum absolute atomic E-state index is 13.8. The van der Waals surface area contributed by atoms with Gasteiger partial charge in [0.1, 0.15) is 10.6 Å². The summed E-state index contributed by atoms with van der Waals surface area (Å²) >= 11 is 6.59. The first-order chi connectivity index (χ1) is 9.70. The highest BCUT2D eigenvalue weighted by atomic mass is 35.5. The van der Waals surface area contributed by atoms with Gasteiger partial charge in [0, 0.05) is 17.3 Å². The van der Waals surface area contributed by atoms with Gasteiger partial charge in [0.2, 0.25) is 0 Å². The number of benzene rings is 1. The summed E-state index contributed by atoms with van der Waals surface area (Å²) in [6.07, 6.45) is 0. The Kier molecular flexibility index (Phi) is 4.17. The van der Waals surface area contributed by atoms with Gasteiger partial charge in [-0.3, -0.25) is 9.52 Å². The Bertz CT molecular complexity index is 820. The van der Waals surface area contributed by atoms with E-state index in [1.54, 1.807) is 0 Å². The van der Waals surface area contributed by atoms with Crippen molar-refractivity contribution in [1.29, 1.82) is 0 Å². The minimum Gasteiger partial charge on any atom is -0.396 e. The Morgan fingerprint density at radius 2 is 2.14 bits per heavy atom. The first-order valence-electron chi connectivity index (χ1n) is 5.44. The van der Waals surface area contributed by atoms with Crippen LogP contribution in [0, 0.1) is 5.82 Å². The maximum atomic E-state index is 13.8. The quantitative estimate of drug-likeness (QED) is 0.652. The second kappa shape index (κ2) is 5.58. The number of sulfonamides is 1. The van der Waals surface area contributed by atoms with Crippen molar-refractivity contribution in [3.8, 4) is 0 Å². The zero-order chi connectivity index (χ0) is 15.8. The van der Waals surface area contributed by atoms with Crippen LogP contribution in [0.1, 0.15) is 17.4 Å². The van der Waals surface area contributed by atoms with Crippen molar-refractivity contribution in [2.45, 2.75) is 11.8 Å². The Morgan fingerprint density at radius 1 is 1.48 bits per heavy atom. The second-order valence-electron chi connectivity index (χ2n) is 4.01. The molecular weight excluding hydrogens is 341 g/mol. The van der Waals surface area contributed by atoms with E-state index >= 15 is 0 Å². The summed E-state index contributed by atoms with van der Waals surface area (Å²) < 4.78 is 40.2. The molecule has 1 heterocycles. The lowest BCUT2D eigenvalue weighted by Gasteiger charge is -2.08. The summed E-state index contributed by atoms with van der Waals surface area (Å²) in [6.45, 7) is 1.30. The number of nitrogen functional groups attached to an aromatic ring is 1. The molecule has 0 aliphatic rings. The zero-order valence-electron chi connectivity index (χ0n) is 10.6. The van der Waals surface area contributed by atoms with E-state index in [0.717, 1.165) is 23.5 Å². The van der Waals surface area contributed by atoms with Crippen LogP contribution in [-0.2, 0) is 10.0 Å². The average Bonchev–Trinajstić information content (AvgIpc) is 2.81. The maximum Gasteiger partial charge on any atom is 0.266 e. The molecule has 3 N–H and O–H groups in total. The fourth-order valence-electron chi connectivity index (χ4n) is 1.43. The van der Waals surface area contributed by atoms with Crippen molar-refractivity contribution >= 4 is 49.6 Å². The molecule has 2 aromatic rings. The highest BCUT2D eigenvalue weighted by molar-refractivity contribution is 7.93. The molecular formula is C11H9ClFN3O3S2. The van der Waals surface area contributed by atoms with Crippen molar-refractivity contribution in [1.82, 2.24) is 4.98 Å². The molecule has 21 heavy (non-hydrogen) atoms. The molecule has 0 amide bonds. The third-order valence-corrected chi connectivity index (χ3v) is 4.85. The van der Waals surface area contributed by atoms with Crippen molar-refractivity contribution < 1.29 is 17.6 Å². The minimum absolute atomic E-state index is 0.0159. The largest absolute Gasteiger partial charge is 0.396 e. The molecule has 0 radical (unpaired) electrons. The van der Waals surface area contributed by atoms with E-state index < -0.39 is 20.7 Å². The fourth-order valence-corrected chi connectivity index (χ4v) is 3.86. The number of carbonyl (C=O) groups is 1. The van der Waals surface area contributed by atoms with Gasteiger partial charge in [0.15, 0.2) is 16.7 Å². The summed E-state index contributed by atoms with van der Waals surface area (Å²) in [4.78, 5) is 14.2. The summed E-state index contributed by atoms with van der Waals surface area (Å²) in [5.74, 6) is -1.41. The monoisotopic (exact) mass is 349 g/mol. The van der Waals surface area contributed by atoms with Gasteiger partial charge in [0.05, 0.1) is 5.69 Å². The third kappa shape index (κ3) is 3.31. The molecule has 6 nitrogen and oxygen atoms in total. The number of rotatable bonds is 4. The number of nitrogens with zero attached hydrogens (tertiary/aromatic N) is 1. The van der Waals surface area contributed by atoms with Gasteiger partial charge in [-0.15, -0.1) is 11.3 Å². The molecule has 1 aromatic heterocycles. The van der Waals surface area contributed by atoms with Gasteiger partial charge in [-0.25, -0.2) is 17.8 Å². The van der Waals surface area contributed by atoms with E-state index in [9.17, 15) is 17.6 Å². The number of nitrogens with one attached hydrogen (secondary N) is 1. The van der Waals surface area contributed by atoms with E-state index in [0.29, 0.717) is 0 Å². The first-order valence-corrected chi connectivity index (χ1v) is 8.18. The summed E-state index contributed by atoms with van der Waals surface area (Å²) in [7, 11) is -4.25. The number of nitrogens with two attached hydrogens (primary N) is 1. The SMILES string of the molecule is CC(=O)c1csc(NS(=O)(=O)c2cc(Cl)cc(N)c2F)n1. The summed E-state index contributed by atoms with van der Waals surface area (Å²) in [6, 6.07) is 2.04. The summed E-state index contributed by atoms with van der Waals surface area (Å²) in [5, 5.41) is 1.32. The Balaban J connectivity index is 2.40. The van der Waals surface area contributed by atoms with Crippen LogP contribution < -0.4 is 10.5 Å². The number of thiazole rings is 1. The predicted molar refractivity (Wildman–Crippen MR) is 78.7 cm³/mol. The number of hydrogen-bond acceptors (Lipinski definition) is 6. The van der Waals surface area contributed by atoms with E-state index in [4.69, 9.17) is 17.3 Å². The van der Waals surface area contributed by atoms with Crippen molar-refractivity contribution in [3.05, 3.63) is 34.0 Å². The lowest BCUT2D eigenvalue weighted by Crippen LogP contribution is -2.15. The highest BCUT2D eigenvalue weighted by Gasteiger charge is 2.23. The molecule has 0 fully saturated rings. The van der Waals surface area contributed by atoms with Crippen molar-refractivity contribution in [2.24, 2.45) is 0 Å². The number of Topliss-reactive ketones (excluding diaryl/α,β-unsaturated/α-hetero) is 1.